The lowest BCUT2D eigenvalue weighted by atomic mass is 9.98. The lowest BCUT2D eigenvalue weighted by Gasteiger charge is -2.26. The van der Waals surface area contributed by atoms with E-state index in [9.17, 15) is 5.11 Å². The maximum atomic E-state index is 9.72. The van der Waals surface area contributed by atoms with Crippen LogP contribution in [0.15, 0.2) is 0 Å². The van der Waals surface area contributed by atoms with Gasteiger partial charge >= 0.3 is 0 Å². The number of aliphatic hydroxyl groups excluding tert-OH is 1. The molecule has 3 atom stereocenters. The van der Waals surface area contributed by atoms with Gasteiger partial charge in [0.15, 0.2) is 0 Å². The molecule has 2 N–H and O–H groups in total. The maximum absolute atomic E-state index is 9.72. The van der Waals surface area contributed by atoms with E-state index < -0.39 is 0 Å². The Balaban J connectivity index is 1.78. The van der Waals surface area contributed by atoms with E-state index >= 15 is 0 Å². The van der Waals surface area contributed by atoms with Gasteiger partial charge in [-0.3, -0.25) is 0 Å². The van der Waals surface area contributed by atoms with Gasteiger partial charge in [0.1, 0.15) is 0 Å². The fourth-order valence-electron chi connectivity index (χ4n) is 3.07. The third-order valence-corrected chi connectivity index (χ3v) is 4.06. The van der Waals surface area contributed by atoms with Crippen molar-refractivity contribution in [2.45, 2.75) is 70.1 Å². The molecule has 2 aliphatic carbocycles. The van der Waals surface area contributed by atoms with E-state index in [1.807, 2.05) is 0 Å². The van der Waals surface area contributed by atoms with Crippen molar-refractivity contribution in [3.63, 3.8) is 0 Å². The monoisotopic (exact) mass is 197 g/mol. The Morgan fingerprint density at radius 2 is 1.79 bits per heavy atom. The molecule has 2 unspecified atom stereocenters. The van der Waals surface area contributed by atoms with Crippen molar-refractivity contribution in [1.29, 1.82) is 0 Å². The van der Waals surface area contributed by atoms with Crippen molar-refractivity contribution in [2.75, 3.05) is 0 Å². The maximum Gasteiger partial charge on any atom is 0.0693 e. The first-order chi connectivity index (χ1) is 6.77. The second-order valence-electron chi connectivity index (χ2n) is 5.10. The van der Waals surface area contributed by atoms with Gasteiger partial charge < -0.3 is 10.4 Å². The van der Waals surface area contributed by atoms with Crippen LogP contribution in [-0.2, 0) is 0 Å². The standard InChI is InChI=1S/C12H23NO/c1-9(10-5-2-3-6-10)13-11-7-4-8-12(11)14/h9-14H,2-8H2,1H3/t9-,11?,12?/m0/s1. The first kappa shape index (κ1) is 10.4. The molecule has 0 heterocycles. The molecule has 0 amide bonds. The van der Waals surface area contributed by atoms with Crippen molar-refractivity contribution >= 4 is 0 Å². The van der Waals surface area contributed by atoms with Crippen molar-refractivity contribution in [3.8, 4) is 0 Å². The van der Waals surface area contributed by atoms with Crippen molar-refractivity contribution in [3.05, 3.63) is 0 Å². The van der Waals surface area contributed by atoms with E-state index in [1.54, 1.807) is 0 Å². The zero-order valence-electron chi connectivity index (χ0n) is 9.21. The number of nitrogens with one attached hydrogen (secondary N) is 1. The van der Waals surface area contributed by atoms with E-state index in [-0.39, 0.29) is 6.10 Å². The van der Waals surface area contributed by atoms with Crippen LogP contribution in [0.2, 0.25) is 0 Å². The highest BCUT2D eigenvalue weighted by atomic mass is 16.3. The zero-order valence-corrected chi connectivity index (χ0v) is 9.21. The second-order valence-corrected chi connectivity index (χ2v) is 5.10. The zero-order chi connectivity index (χ0) is 9.97. The number of hydrogen-bond acceptors (Lipinski definition) is 2. The van der Waals surface area contributed by atoms with Crippen LogP contribution >= 0.6 is 0 Å². The summed E-state index contributed by atoms with van der Waals surface area (Å²) >= 11 is 0. The number of aliphatic hydroxyl groups is 1. The Morgan fingerprint density at radius 3 is 2.36 bits per heavy atom. The molecule has 2 fully saturated rings. The Bertz CT molecular complexity index is 177. The first-order valence-electron chi connectivity index (χ1n) is 6.21. The molecule has 2 rings (SSSR count). The van der Waals surface area contributed by atoms with Gasteiger partial charge in [-0.25, -0.2) is 0 Å². The molecule has 82 valence electrons. The number of hydrogen-bond donors (Lipinski definition) is 2. The molecular formula is C12H23NO. The van der Waals surface area contributed by atoms with E-state index in [4.69, 9.17) is 0 Å². The van der Waals surface area contributed by atoms with Gasteiger partial charge in [0.25, 0.3) is 0 Å². The summed E-state index contributed by atoms with van der Waals surface area (Å²) in [5.74, 6) is 0.864. The molecule has 0 bridgehead atoms. The SMILES string of the molecule is C[C@H](NC1CCCC1O)C1CCCC1. The van der Waals surface area contributed by atoms with E-state index in [1.165, 1.54) is 32.1 Å². The van der Waals surface area contributed by atoms with E-state index in [0.29, 0.717) is 12.1 Å². The van der Waals surface area contributed by atoms with Crippen molar-refractivity contribution < 1.29 is 5.11 Å². The Kier molecular flexibility index (Phi) is 3.45. The minimum absolute atomic E-state index is 0.0844. The van der Waals surface area contributed by atoms with Gasteiger partial charge in [-0.2, -0.15) is 0 Å². The van der Waals surface area contributed by atoms with Crippen LogP contribution in [0, 0.1) is 5.92 Å². The molecule has 0 aliphatic heterocycles. The summed E-state index contributed by atoms with van der Waals surface area (Å²) in [5, 5.41) is 13.3. The Hall–Kier alpha value is -0.0800. The third kappa shape index (κ3) is 2.29. The molecule has 0 saturated heterocycles. The molecule has 0 aromatic rings. The van der Waals surface area contributed by atoms with Gasteiger partial charge in [0.2, 0.25) is 0 Å². The van der Waals surface area contributed by atoms with Crippen LogP contribution in [0.3, 0.4) is 0 Å². The molecular weight excluding hydrogens is 174 g/mol. The lowest BCUT2D eigenvalue weighted by molar-refractivity contribution is 0.138. The van der Waals surface area contributed by atoms with Gasteiger partial charge in [-0.1, -0.05) is 12.8 Å². The van der Waals surface area contributed by atoms with Crippen molar-refractivity contribution in [1.82, 2.24) is 5.32 Å². The summed E-state index contributed by atoms with van der Waals surface area (Å²) in [6.07, 6.45) is 8.85. The van der Waals surface area contributed by atoms with Crippen LogP contribution in [0.1, 0.15) is 51.9 Å². The molecule has 2 saturated carbocycles. The van der Waals surface area contributed by atoms with Crippen LogP contribution < -0.4 is 5.32 Å². The fraction of sp³-hybridized carbons (Fsp3) is 1.00. The van der Waals surface area contributed by atoms with Gasteiger partial charge in [0, 0.05) is 12.1 Å². The quantitative estimate of drug-likeness (QED) is 0.726. The largest absolute Gasteiger partial charge is 0.392 e. The molecule has 0 radical (unpaired) electrons. The highest BCUT2D eigenvalue weighted by molar-refractivity contribution is 4.87. The average molecular weight is 197 g/mol. The molecule has 0 aromatic carbocycles. The summed E-state index contributed by atoms with van der Waals surface area (Å²) in [4.78, 5) is 0. The predicted octanol–water partition coefficient (Wildman–Crippen LogP) is 2.07. The molecule has 0 spiro atoms. The predicted molar refractivity (Wildman–Crippen MR) is 58.2 cm³/mol. The Labute approximate surface area is 87.1 Å². The molecule has 2 heteroatoms. The summed E-state index contributed by atoms with van der Waals surface area (Å²) in [6, 6.07) is 0.987. The molecule has 14 heavy (non-hydrogen) atoms. The Morgan fingerprint density at radius 1 is 1.07 bits per heavy atom. The smallest absolute Gasteiger partial charge is 0.0693 e. The molecule has 2 nitrogen and oxygen atoms in total. The van der Waals surface area contributed by atoms with E-state index in [2.05, 4.69) is 12.2 Å². The summed E-state index contributed by atoms with van der Waals surface area (Å²) in [7, 11) is 0. The molecule has 0 aromatic heterocycles. The first-order valence-corrected chi connectivity index (χ1v) is 6.21. The summed E-state index contributed by atoms with van der Waals surface area (Å²) in [5.41, 5.74) is 0. The third-order valence-electron chi connectivity index (χ3n) is 4.06. The highest BCUT2D eigenvalue weighted by Crippen LogP contribution is 2.29. The van der Waals surface area contributed by atoms with E-state index in [0.717, 1.165) is 18.8 Å². The van der Waals surface area contributed by atoms with Gasteiger partial charge in [-0.15, -0.1) is 0 Å². The lowest BCUT2D eigenvalue weighted by Crippen LogP contribution is -2.44. The topological polar surface area (TPSA) is 32.3 Å². The second kappa shape index (κ2) is 4.63. The van der Waals surface area contributed by atoms with Crippen molar-refractivity contribution in [2.24, 2.45) is 5.92 Å². The molecule has 2 aliphatic rings. The van der Waals surface area contributed by atoms with Crippen LogP contribution in [0.5, 0.6) is 0 Å². The minimum Gasteiger partial charge on any atom is -0.392 e. The normalized spacial score (nSPS) is 36.4. The summed E-state index contributed by atoms with van der Waals surface area (Å²) in [6.45, 7) is 2.29. The van der Waals surface area contributed by atoms with Crippen LogP contribution in [0.25, 0.3) is 0 Å². The minimum atomic E-state index is -0.0844. The van der Waals surface area contributed by atoms with Gasteiger partial charge in [-0.05, 0) is 44.9 Å². The fourth-order valence-corrected chi connectivity index (χ4v) is 3.07. The average Bonchev–Trinajstić information content (AvgIpc) is 2.77. The number of rotatable bonds is 3. The van der Waals surface area contributed by atoms with Crippen LogP contribution in [-0.4, -0.2) is 23.3 Å². The highest BCUT2D eigenvalue weighted by Gasteiger charge is 2.29. The van der Waals surface area contributed by atoms with Crippen LogP contribution in [0.4, 0.5) is 0 Å². The summed E-state index contributed by atoms with van der Waals surface area (Å²) < 4.78 is 0. The van der Waals surface area contributed by atoms with Gasteiger partial charge in [0.05, 0.1) is 6.10 Å².